The molecule has 0 amide bonds. The Morgan fingerprint density at radius 3 is 2.84 bits per heavy atom. The van der Waals surface area contributed by atoms with Crippen molar-refractivity contribution < 1.29 is 0 Å². The van der Waals surface area contributed by atoms with Crippen LogP contribution in [0.4, 0.5) is 0 Å². The SMILES string of the molecule is CSCCCN1CCC(c2cc(=O)[nH]c(C)n2)CC1. The van der Waals surface area contributed by atoms with Crippen LogP contribution in [0, 0.1) is 6.92 Å². The lowest BCUT2D eigenvalue weighted by Gasteiger charge is -2.31. The number of H-pyrrole nitrogens is 1. The molecule has 0 aromatic carbocycles. The number of aromatic amines is 1. The Morgan fingerprint density at radius 2 is 2.21 bits per heavy atom. The third kappa shape index (κ3) is 4.35. The van der Waals surface area contributed by atoms with Gasteiger partial charge in [-0.3, -0.25) is 4.79 Å². The Labute approximate surface area is 119 Å². The predicted molar refractivity (Wildman–Crippen MR) is 81.0 cm³/mol. The summed E-state index contributed by atoms with van der Waals surface area (Å²) in [5, 5.41) is 0. The van der Waals surface area contributed by atoms with Gasteiger partial charge in [0.05, 0.1) is 5.69 Å². The normalized spacial score (nSPS) is 17.8. The van der Waals surface area contributed by atoms with Gasteiger partial charge in [-0.2, -0.15) is 11.8 Å². The number of aryl methyl sites for hydroxylation is 1. The van der Waals surface area contributed by atoms with Crippen LogP contribution in [0.15, 0.2) is 10.9 Å². The Bertz CT molecular complexity index is 452. The van der Waals surface area contributed by atoms with E-state index in [1.54, 1.807) is 6.07 Å². The average molecular weight is 281 g/mol. The number of hydrogen-bond donors (Lipinski definition) is 1. The largest absolute Gasteiger partial charge is 0.311 e. The van der Waals surface area contributed by atoms with Crippen molar-refractivity contribution in [2.24, 2.45) is 0 Å². The molecule has 2 heterocycles. The van der Waals surface area contributed by atoms with Crippen molar-refractivity contribution in [3.05, 3.63) is 27.9 Å². The standard InChI is InChI=1S/C14H23N3OS/c1-11-15-13(10-14(18)16-11)12-4-7-17(8-5-12)6-3-9-19-2/h10,12H,3-9H2,1-2H3,(H,15,16,18). The number of thioether (sulfide) groups is 1. The zero-order valence-electron chi connectivity index (χ0n) is 11.8. The highest BCUT2D eigenvalue weighted by Crippen LogP contribution is 2.25. The summed E-state index contributed by atoms with van der Waals surface area (Å²) in [6, 6.07) is 1.67. The number of piperidine rings is 1. The Morgan fingerprint density at radius 1 is 1.47 bits per heavy atom. The van der Waals surface area contributed by atoms with Crippen molar-refractivity contribution in [3.63, 3.8) is 0 Å². The van der Waals surface area contributed by atoms with Crippen LogP contribution in [0.2, 0.25) is 0 Å². The van der Waals surface area contributed by atoms with Crippen molar-refractivity contribution in [2.75, 3.05) is 31.6 Å². The molecule has 1 aromatic rings. The molecule has 2 rings (SSSR count). The summed E-state index contributed by atoms with van der Waals surface area (Å²) in [6.45, 7) is 5.32. The second-order valence-electron chi connectivity index (χ2n) is 5.22. The maximum Gasteiger partial charge on any atom is 0.251 e. The summed E-state index contributed by atoms with van der Waals surface area (Å²) in [7, 11) is 0. The molecule has 0 unspecified atom stereocenters. The Balaban J connectivity index is 1.87. The lowest BCUT2D eigenvalue weighted by Crippen LogP contribution is -2.34. The highest BCUT2D eigenvalue weighted by atomic mass is 32.2. The first-order valence-corrected chi connectivity index (χ1v) is 8.37. The van der Waals surface area contributed by atoms with Gasteiger partial charge in [0.1, 0.15) is 5.82 Å². The maximum atomic E-state index is 11.5. The molecule has 0 bridgehead atoms. The molecule has 0 spiro atoms. The van der Waals surface area contributed by atoms with E-state index in [1.807, 2.05) is 18.7 Å². The van der Waals surface area contributed by atoms with Crippen molar-refractivity contribution >= 4 is 11.8 Å². The molecule has 1 saturated heterocycles. The molecular weight excluding hydrogens is 258 g/mol. The molecule has 1 aromatic heterocycles. The fourth-order valence-corrected chi connectivity index (χ4v) is 3.11. The Kier molecular flexibility index (Phi) is 5.45. The van der Waals surface area contributed by atoms with Crippen LogP contribution in [0.3, 0.4) is 0 Å². The zero-order chi connectivity index (χ0) is 13.7. The van der Waals surface area contributed by atoms with E-state index in [9.17, 15) is 4.79 Å². The minimum Gasteiger partial charge on any atom is -0.311 e. The minimum absolute atomic E-state index is 0.0232. The van der Waals surface area contributed by atoms with Crippen molar-refractivity contribution in [1.82, 2.24) is 14.9 Å². The number of nitrogens with zero attached hydrogens (tertiary/aromatic N) is 2. The van der Waals surface area contributed by atoms with Crippen LogP contribution >= 0.6 is 11.8 Å². The second-order valence-corrected chi connectivity index (χ2v) is 6.20. The zero-order valence-corrected chi connectivity index (χ0v) is 12.6. The molecule has 0 aliphatic carbocycles. The summed E-state index contributed by atoms with van der Waals surface area (Å²) >= 11 is 1.92. The van der Waals surface area contributed by atoms with Crippen LogP contribution in [0.25, 0.3) is 0 Å². The number of nitrogens with one attached hydrogen (secondary N) is 1. The molecule has 1 aliphatic rings. The fraction of sp³-hybridized carbons (Fsp3) is 0.714. The third-order valence-corrected chi connectivity index (χ3v) is 4.41. The topological polar surface area (TPSA) is 49.0 Å². The van der Waals surface area contributed by atoms with E-state index in [0.717, 1.165) is 37.4 Å². The summed E-state index contributed by atoms with van der Waals surface area (Å²) in [6.07, 6.45) is 5.67. The van der Waals surface area contributed by atoms with Gasteiger partial charge in [0.15, 0.2) is 0 Å². The fourth-order valence-electron chi connectivity index (χ4n) is 2.70. The molecule has 0 radical (unpaired) electrons. The minimum atomic E-state index is -0.0232. The van der Waals surface area contributed by atoms with Gasteiger partial charge in [-0.1, -0.05) is 0 Å². The van der Waals surface area contributed by atoms with Crippen LogP contribution in [-0.4, -0.2) is 46.5 Å². The van der Waals surface area contributed by atoms with Gasteiger partial charge in [0, 0.05) is 12.0 Å². The van der Waals surface area contributed by atoms with Crippen molar-refractivity contribution in [2.45, 2.75) is 32.1 Å². The third-order valence-electron chi connectivity index (χ3n) is 3.71. The van der Waals surface area contributed by atoms with Gasteiger partial charge in [-0.25, -0.2) is 4.98 Å². The van der Waals surface area contributed by atoms with Gasteiger partial charge < -0.3 is 9.88 Å². The molecular formula is C14H23N3OS. The van der Waals surface area contributed by atoms with Gasteiger partial charge in [0.25, 0.3) is 5.56 Å². The van der Waals surface area contributed by atoms with Gasteiger partial charge in [0.2, 0.25) is 0 Å². The van der Waals surface area contributed by atoms with Crippen LogP contribution in [-0.2, 0) is 0 Å². The number of hydrogen-bond acceptors (Lipinski definition) is 4. The first kappa shape index (κ1) is 14.6. The predicted octanol–water partition coefficient (Wildman–Crippen LogP) is 2.01. The first-order chi connectivity index (χ1) is 9.19. The van der Waals surface area contributed by atoms with Crippen molar-refractivity contribution in [1.29, 1.82) is 0 Å². The molecule has 4 nitrogen and oxygen atoms in total. The average Bonchev–Trinajstić information content (AvgIpc) is 2.39. The van der Waals surface area contributed by atoms with Crippen molar-refractivity contribution in [3.8, 4) is 0 Å². The molecule has 106 valence electrons. The number of likely N-dealkylation sites (tertiary alicyclic amines) is 1. The van der Waals surface area contributed by atoms with E-state index < -0.39 is 0 Å². The molecule has 1 N–H and O–H groups in total. The molecule has 19 heavy (non-hydrogen) atoms. The summed E-state index contributed by atoms with van der Waals surface area (Å²) in [5.74, 6) is 2.43. The number of rotatable bonds is 5. The molecule has 1 aliphatic heterocycles. The van der Waals surface area contributed by atoms with E-state index >= 15 is 0 Å². The lowest BCUT2D eigenvalue weighted by molar-refractivity contribution is 0.211. The number of aromatic nitrogens is 2. The summed E-state index contributed by atoms with van der Waals surface area (Å²) in [4.78, 5) is 21.2. The Hall–Kier alpha value is -0.810. The molecule has 1 fully saturated rings. The highest BCUT2D eigenvalue weighted by molar-refractivity contribution is 7.98. The lowest BCUT2D eigenvalue weighted by atomic mass is 9.93. The van der Waals surface area contributed by atoms with E-state index in [0.29, 0.717) is 5.92 Å². The van der Waals surface area contributed by atoms with E-state index in [2.05, 4.69) is 21.1 Å². The second kappa shape index (κ2) is 7.10. The van der Waals surface area contributed by atoms with E-state index in [-0.39, 0.29) is 5.56 Å². The van der Waals surface area contributed by atoms with Gasteiger partial charge in [-0.05, 0) is 57.8 Å². The monoisotopic (exact) mass is 281 g/mol. The first-order valence-electron chi connectivity index (χ1n) is 6.98. The van der Waals surface area contributed by atoms with Gasteiger partial charge >= 0.3 is 0 Å². The van der Waals surface area contributed by atoms with Crippen LogP contribution in [0.1, 0.15) is 36.7 Å². The highest BCUT2D eigenvalue weighted by Gasteiger charge is 2.21. The van der Waals surface area contributed by atoms with Gasteiger partial charge in [-0.15, -0.1) is 0 Å². The summed E-state index contributed by atoms with van der Waals surface area (Å²) < 4.78 is 0. The smallest absolute Gasteiger partial charge is 0.251 e. The van der Waals surface area contributed by atoms with E-state index in [4.69, 9.17) is 0 Å². The van der Waals surface area contributed by atoms with Crippen LogP contribution < -0.4 is 5.56 Å². The van der Waals surface area contributed by atoms with E-state index in [1.165, 1.54) is 18.7 Å². The quantitative estimate of drug-likeness (QED) is 0.839. The molecule has 0 saturated carbocycles. The summed E-state index contributed by atoms with van der Waals surface area (Å²) in [5.41, 5.74) is 0.954. The molecule has 0 atom stereocenters. The molecule has 5 heteroatoms. The van der Waals surface area contributed by atoms with Crippen LogP contribution in [0.5, 0.6) is 0 Å². The maximum absolute atomic E-state index is 11.5.